The first kappa shape index (κ1) is 18.2. The van der Waals surface area contributed by atoms with E-state index < -0.39 is 0 Å². The molecular formula is C20H28O2. The molecule has 0 saturated carbocycles. The zero-order valence-electron chi connectivity index (χ0n) is 14.0. The molecule has 0 saturated heterocycles. The topological polar surface area (TPSA) is 33.4 Å². The van der Waals surface area contributed by atoms with Gasteiger partial charge in [0.2, 0.25) is 0 Å². The van der Waals surface area contributed by atoms with Crippen molar-refractivity contribution in [2.75, 3.05) is 6.61 Å². The van der Waals surface area contributed by atoms with Gasteiger partial charge in [0.15, 0.2) is 0 Å². The lowest BCUT2D eigenvalue weighted by Crippen LogP contribution is -1.89. The first-order valence-corrected chi connectivity index (χ1v) is 7.90. The van der Waals surface area contributed by atoms with Crippen LogP contribution in [0.5, 0.6) is 0 Å². The highest BCUT2D eigenvalue weighted by Crippen LogP contribution is 2.09. The highest BCUT2D eigenvalue weighted by Gasteiger charge is 1.94. The third kappa shape index (κ3) is 8.48. The van der Waals surface area contributed by atoms with E-state index in [1.807, 2.05) is 18.2 Å². The summed E-state index contributed by atoms with van der Waals surface area (Å²) < 4.78 is 5.05. The summed E-state index contributed by atoms with van der Waals surface area (Å²) >= 11 is 0. The fraction of sp³-hybridized carbons (Fsp3) is 0.400. The van der Waals surface area contributed by atoms with E-state index in [1.54, 1.807) is 12.5 Å². The van der Waals surface area contributed by atoms with Crippen molar-refractivity contribution >= 4 is 0 Å². The van der Waals surface area contributed by atoms with Gasteiger partial charge in [-0.25, -0.2) is 0 Å². The molecule has 0 fully saturated rings. The van der Waals surface area contributed by atoms with Gasteiger partial charge in [0.1, 0.15) is 0 Å². The molecule has 0 aliphatic rings. The smallest absolute Gasteiger partial charge is 0.0934 e. The highest BCUT2D eigenvalue weighted by atomic mass is 16.3. The van der Waals surface area contributed by atoms with Crippen LogP contribution in [0.15, 0.2) is 70.1 Å². The Morgan fingerprint density at radius 1 is 1.18 bits per heavy atom. The van der Waals surface area contributed by atoms with Crippen LogP contribution >= 0.6 is 0 Å². The number of aliphatic hydroxyl groups is 1. The SMILES string of the molecule is CC(C)=CCCC(=CC=CC(C)=CCCc1ccoc1)CO. The molecule has 2 nitrogen and oxygen atoms in total. The molecule has 120 valence electrons. The molecule has 1 N–H and O–H groups in total. The Balaban J connectivity index is 2.39. The second-order valence-electron chi connectivity index (χ2n) is 5.78. The van der Waals surface area contributed by atoms with Crippen molar-refractivity contribution in [1.82, 2.24) is 0 Å². The summed E-state index contributed by atoms with van der Waals surface area (Å²) in [6.45, 7) is 6.42. The van der Waals surface area contributed by atoms with E-state index in [2.05, 4.69) is 39.0 Å². The lowest BCUT2D eigenvalue weighted by atomic mass is 10.1. The highest BCUT2D eigenvalue weighted by molar-refractivity contribution is 5.23. The molecule has 0 radical (unpaired) electrons. The van der Waals surface area contributed by atoms with Crippen LogP contribution in [0.2, 0.25) is 0 Å². The van der Waals surface area contributed by atoms with Crippen LogP contribution in [0.3, 0.4) is 0 Å². The predicted molar refractivity (Wildman–Crippen MR) is 93.8 cm³/mol. The first-order valence-electron chi connectivity index (χ1n) is 7.90. The van der Waals surface area contributed by atoms with Crippen molar-refractivity contribution in [2.24, 2.45) is 0 Å². The van der Waals surface area contributed by atoms with Gasteiger partial charge < -0.3 is 9.52 Å². The monoisotopic (exact) mass is 300 g/mol. The quantitative estimate of drug-likeness (QED) is 0.490. The number of furan rings is 1. The largest absolute Gasteiger partial charge is 0.472 e. The van der Waals surface area contributed by atoms with Crippen LogP contribution in [0, 0.1) is 0 Å². The standard InChI is InChI=1S/C20H28O2/c1-17(2)7-4-10-19(15-21)11-5-8-18(3)9-6-12-20-13-14-22-16-20/h5,7-9,11,13-14,16,21H,4,6,10,12,15H2,1-3H3. The van der Waals surface area contributed by atoms with Crippen LogP contribution in [0.25, 0.3) is 0 Å². The maximum atomic E-state index is 9.36. The lowest BCUT2D eigenvalue weighted by Gasteiger charge is -2.00. The molecule has 0 atom stereocenters. The van der Waals surface area contributed by atoms with E-state index in [-0.39, 0.29) is 6.61 Å². The summed E-state index contributed by atoms with van der Waals surface area (Å²) in [5.41, 5.74) is 4.86. The third-order valence-electron chi connectivity index (χ3n) is 3.39. The number of hydrogen-bond acceptors (Lipinski definition) is 2. The number of aliphatic hydroxyl groups excluding tert-OH is 1. The molecule has 0 bridgehead atoms. The van der Waals surface area contributed by atoms with Gasteiger partial charge in [-0.1, -0.05) is 41.5 Å². The molecule has 2 heteroatoms. The molecule has 0 aliphatic heterocycles. The van der Waals surface area contributed by atoms with Gasteiger partial charge in [-0.3, -0.25) is 0 Å². The van der Waals surface area contributed by atoms with Gasteiger partial charge in [0, 0.05) is 0 Å². The van der Waals surface area contributed by atoms with E-state index in [0.29, 0.717) is 0 Å². The molecule has 1 aromatic rings. The van der Waals surface area contributed by atoms with E-state index >= 15 is 0 Å². The fourth-order valence-corrected chi connectivity index (χ4v) is 2.07. The minimum absolute atomic E-state index is 0.129. The van der Waals surface area contributed by atoms with E-state index in [0.717, 1.165) is 31.3 Å². The summed E-state index contributed by atoms with van der Waals surface area (Å²) in [4.78, 5) is 0. The molecule has 0 aromatic carbocycles. The molecule has 0 amide bonds. The Morgan fingerprint density at radius 2 is 2.00 bits per heavy atom. The number of allylic oxidation sites excluding steroid dienone is 7. The van der Waals surface area contributed by atoms with Gasteiger partial charge in [0.05, 0.1) is 19.1 Å². The Kier molecular flexibility index (Phi) is 9.01. The third-order valence-corrected chi connectivity index (χ3v) is 3.39. The average Bonchev–Trinajstić information content (AvgIpc) is 2.98. The van der Waals surface area contributed by atoms with Crippen molar-refractivity contribution in [2.45, 2.75) is 46.5 Å². The first-order chi connectivity index (χ1) is 10.6. The molecular weight excluding hydrogens is 272 g/mol. The second kappa shape index (κ2) is 10.9. The molecule has 1 rings (SSSR count). The van der Waals surface area contributed by atoms with Gasteiger partial charge in [-0.15, -0.1) is 0 Å². The summed E-state index contributed by atoms with van der Waals surface area (Å²) in [6, 6.07) is 2.00. The van der Waals surface area contributed by atoms with Gasteiger partial charge in [-0.05, 0) is 63.7 Å². The van der Waals surface area contributed by atoms with Crippen molar-refractivity contribution < 1.29 is 9.52 Å². The van der Waals surface area contributed by atoms with Crippen molar-refractivity contribution in [1.29, 1.82) is 0 Å². The molecule has 0 unspecified atom stereocenters. The minimum atomic E-state index is 0.129. The Labute approximate surface area is 134 Å². The molecule has 1 heterocycles. The molecule has 0 aliphatic carbocycles. The number of rotatable bonds is 9. The minimum Gasteiger partial charge on any atom is -0.472 e. The van der Waals surface area contributed by atoms with Crippen LogP contribution in [-0.2, 0) is 6.42 Å². The molecule has 22 heavy (non-hydrogen) atoms. The summed E-state index contributed by atoms with van der Waals surface area (Å²) in [5, 5.41) is 9.36. The number of hydrogen-bond donors (Lipinski definition) is 1. The van der Waals surface area contributed by atoms with Crippen molar-refractivity contribution in [3.63, 3.8) is 0 Å². The Hall–Kier alpha value is -1.80. The van der Waals surface area contributed by atoms with Gasteiger partial charge in [0.25, 0.3) is 0 Å². The van der Waals surface area contributed by atoms with Crippen LogP contribution in [-0.4, -0.2) is 11.7 Å². The lowest BCUT2D eigenvalue weighted by molar-refractivity contribution is 0.327. The second-order valence-corrected chi connectivity index (χ2v) is 5.78. The van der Waals surface area contributed by atoms with E-state index in [1.165, 1.54) is 16.7 Å². The summed E-state index contributed by atoms with van der Waals surface area (Å²) in [5.74, 6) is 0. The van der Waals surface area contributed by atoms with Crippen molar-refractivity contribution in [3.8, 4) is 0 Å². The van der Waals surface area contributed by atoms with Crippen molar-refractivity contribution in [3.05, 3.63) is 71.3 Å². The van der Waals surface area contributed by atoms with Gasteiger partial charge >= 0.3 is 0 Å². The van der Waals surface area contributed by atoms with E-state index in [4.69, 9.17) is 4.42 Å². The molecule has 0 spiro atoms. The maximum Gasteiger partial charge on any atom is 0.0934 e. The van der Waals surface area contributed by atoms with Crippen LogP contribution < -0.4 is 0 Å². The zero-order chi connectivity index (χ0) is 16.2. The van der Waals surface area contributed by atoms with Crippen LogP contribution in [0.4, 0.5) is 0 Å². The van der Waals surface area contributed by atoms with E-state index in [9.17, 15) is 5.11 Å². The zero-order valence-corrected chi connectivity index (χ0v) is 14.0. The summed E-state index contributed by atoms with van der Waals surface area (Å²) in [7, 11) is 0. The molecule has 1 aromatic heterocycles. The Bertz CT molecular complexity index is 524. The van der Waals surface area contributed by atoms with Gasteiger partial charge in [-0.2, -0.15) is 0 Å². The normalized spacial score (nSPS) is 12.9. The summed E-state index contributed by atoms with van der Waals surface area (Å²) in [6.07, 6.45) is 18.0. The fourth-order valence-electron chi connectivity index (χ4n) is 2.07. The number of aryl methyl sites for hydroxylation is 1. The van der Waals surface area contributed by atoms with Crippen LogP contribution in [0.1, 0.15) is 45.6 Å². The average molecular weight is 300 g/mol. The Morgan fingerprint density at radius 3 is 2.64 bits per heavy atom. The predicted octanol–water partition coefficient (Wildman–Crippen LogP) is 5.38. The maximum absolute atomic E-state index is 9.36.